The Kier molecular flexibility index (Phi) is 69.4. The summed E-state index contributed by atoms with van der Waals surface area (Å²) >= 11 is 0. The van der Waals surface area contributed by atoms with E-state index in [4.69, 9.17) is 4.74 Å². The van der Waals surface area contributed by atoms with Gasteiger partial charge in [0.05, 0.1) is 25.4 Å². The Hall–Kier alpha value is -2.18. The summed E-state index contributed by atoms with van der Waals surface area (Å²) in [6.07, 6.45) is 93.5. The van der Waals surface area contributed by atoms with Crippen LogP contribution in [0.3, 0.4) is 0 Å². The number of ether oxygens (including phenoxy) is 1. The fourth-order valence-electron chi connectivity index (χ4n) is 11.4. The molecule has 3 N–H and O–H groups in total. The smallest absolute Gasteiger partial charge is 0.305 e. The van der Waals surface area contributed by atoms with E-state index in [2.05, 4.69) is 55.6 Å². The molecule has 1 amide bonds. The number of hydrogen-bond acceptors (Lipinski definition) is 5. The molecule has 0 saturated heterocycles. The predicted molar refractivity (Wildman–Crippen MR) is 361 cm³/mol. The van der Waals surface area contributed by atoms with Crippen molar-refractivity contribution in [2.75, 3.05) is 13.2 Å². The molecule has 0 aromatic heterocycles. The van der Waals surface area contributed by atoms with E-state index in [9.17, 15) is 19.8 Å². The molecule has 0 aliphatic rings. The van der Waals surface area contributed by atoms with E-state index in [1.165, 1.54) is 321 Å². The minimum atomic E-state index is -0.847. The normalized spacial score (nSPS) is 12.8. The lowest BCUT2D eigenvalue weighted by Crippen LogP contribution is -2.45. The summed E-state index contributed by atoms with van der Waals surface area (Å²) in [6, 6.07) is -0.631. The van der Waals surface area contributed by atoms with Crippen LogP contribution in [-0.2, 0) is 14.3 Å². The number of carbonyl (C=O) groups excluding carboxylic acids is 2. The predicted octanol–water partition coefficient (Wildman–Crippen LogP) is 24.0. The van der Waals surface area contributed by atoms with Crippen molar-refractivity contribution >= 4 is 11.9 Å². The highest BCUT2D eigenvalue weighted by atomic mass is 16.5. The molecule has 482 valence electrons. The van der Waals surface area contributed by atoms with Crippen LogP contribution in [0.15, 0.2) is 48.6 Å². The third-order valence-electron chi connectivity index (χ3n) is 17.0. The summed E-state index contributed by atoms with van der Waals surface area (Å²) in [5.74, 6) is -0.0653. The average Bonchev–Trinajstić information content (AvgIpc) is 3.48. The van der Waals surface area contributed by atoms with Crippen molar-refractivity contribution in [3.05, 3.63) is 48.6 Å². The molecule has 6 heteroatoms. The number of amides is 1. The van der Waals surface area contributed by atoms with Crippen molar-refractivity contribution in [2.45, 2.75) is 411 Å². The number of rotatable bonds is 69. The second kappa shape index (κ2) is 71.3. The summed E-state index contributed by atoms with van der Waals surface area (Å²) in [4.78, 5) is 24.6. The molecule has 0 aliphatic heterocycles. The second-order valence-electron chi connectivity index (χ2n) is 25.3. The van der Waals surface area contributed by atoms with Crippen LogP contribution in [-0.4, -0.2) is 47.4 Å². The Morgan fingerprint density at radius 2 is 0.634 bits per heavy atom. The van der Waals surface area contributed by atoms with E-state index >= 15 is 0 Å². The van der Waals surface area contributed by atoms with Crippen LogP contribution in [0.25, 0.3) is 0 Å². The van der Waals surface area contributed by atoms with Crippen LogP contribution in [0.4, 0.5) is 0 Å². The minimum Gasteiger partial charge on any atom is -0.466 e. The Balaban J connectivity index is 3.42. The van der Waals surface area contributed by atoms with Crippen molar-refractivity contribution in [1.82, 2.24) is 5.32 Å². The van der Waals surface area contributed by atoms with Crippen LogP contribution < -0.4 is 5.32 Å². The molecule has 6 nitrogen and oxygen atoms in total. The molecule has 2 atom stereocenters. The molecule has 0 rings (SSSR count). The molecule has 0 heterocycles. The number of aliphatic hydroxyl groups is 2. The lowest BCUT2D eigenvalue weighted by atomic mass is 10.0. The maximum atomic E-state index is 12.5. The fraction of sp³-hybridized carbons (Fsp3) is 0.868. The Morgan fingerprint density at radius 3 is 0.988 bits per heavy atom. The number of allylic oxidation sites excluding steroid dienone is 7. The van der Waals surface area contributed by atoms with Crippen LogP contribution in [0.5, 0.6) is 0 Å². The molecular formula is C76H143NO5. The SMILES string of the molecule is CCC/C=C\C/C=C\CCCCCCCC(=O)OCCCCCCCCCCCCCC/C=C\CCCCCCCCCCCCCC(=O)NC(CO)C(O)/C=C/CCCCCCCCCCCCCCCCCCCCCCCCC. The zero-order chi connectivity index (χ0) is 59.2. The highest BCUT2D eigenvalue weighted by Gasteiger charge is 2.18. The molecule has 82 heavy (non-hydrogen) atoms. The standard InChI is InChI=1S/C76H143NO5/c1-3-5-7-9-11-13-15-17-18-19-20-21-22-26-29-32-35-38-41-45-48-52-56-60-64-68-74(79)73(72-78)77-75(80)69-65-61-57-53-49-46-42-39-36-33-30-27-24-23-25-28-31-34-37-40-43-47-51-55-59-63-67-71-82-76(81)70-66-62-58-54-50-44-16-14-12-10-8-6-4-2/h8,10,14,16,23-24,64,68,73-74,78-79H,3-7,9,11-13,15,17-22,25-63,65-67,69-72H2,1-2H3,(H,77,80)/b10-8-,16-14-,24-23-,68-64+. The van der Waals surface area contributed by atoms with E-state index in [0.717, 1.165) is 51.4 Å². The highest BCUT2D eigenvalue weighted by Crippen LogP contribution is 2.19. The van der Waals surface area contributed by atoms with Crippen LogP contribution in [0.1, 0.15) is 399 Å². The van der Waals surface area contributed by atoms with Gasteiger partial charge in [0.15, 0.2) is 0 Å². The first-order chi connectivity index (χ1) is 40.5. The van der Waals surface area contributed by atoms with Gasteiger partial charge in [0, 0.05) is 12.8 Å². The second-order valence-corrected chi connectivity index (χ2v) is 25.3. The Labute approximate surface area is 512 Å². The topological polar surface area (TPSA) is 95.9 Å². The molecule has 0 aromatic carbocycles. The van der Waals surface area contributed by atoms with E-state index in [0.29, 0.717) is 19.4 Å². The van der Waals surface area contributed by atoms with Gasteiger partial charge in [0.1, 0.15) is 0 Å². The van der Waals surface area contributed by atoms with E-state index < -0.39 is 12.1 Å². The molecule has 0 spiro atoms. The first kappa shape index (κ1) is 79.8. The molecule has 0 aromatic rings. The molecule has 0 aliphatic carbocycles. The van der Waals surface area contributed by atoms with Crippen LogP contribution in [0.2, 0.25) is 0 Å². The average molecular weight is 1150 g/mol. The maximum absolute atomic E-state index is 12.5. The third kappa shape index (κ3) is 67.0. The number of esters is 1. The zero-order valence-corrected chi connectivity index (χ0v) is 55.2. The molecule has 0 saturated carbocycles. The lowest BCUT2D eigenvalue weighted by Gasteiger charge is -2.20. The van der Waals surface area contributed by atoms with Crippen molar-refractivity contribution in [3.63, 3.8) is 0 Å². The van der Waals surface area contributed by atoms with Gasteiger partial charge in [-0.15, -0.1) is 0 Å². The fourth-order valence-corrected chi connectivity index (χ4v) is 11.4. The molecule has 0 radical (unpaired) electrons. The zero-order valence-electron chi connectivity index (χ0n) is 55.2. The van der Waals surface area contributed by atoms with Crippen LogP contribution in [0, 0.1) is 0 Å². The minimum absolute atomic E-state index is 0.000414. The Bertz CT molecular complexity index is 1370. The lowest BCUT2D eigenvalue weighted by molar-refractivity contribution is -0.143. The van der Waals surface area contributed by atoms with Crippen molar-refractivity contribution in [2.24, 2.45) is 0 Å². The summed E-state index contributed by atoms with van der Waals surface area (Å²) in [5, 5.41) is 23.3. The van der Waals surface area contributed by atoms with Gasteiger partial charge in [-0.2, -0.15) is 0 Å². The number of aliphatic hydroxyl groups excluding tert-OH is 2. The van der Waals surface area contributed by atoms with Crippen molar-refractivity contribution in [1.29, 1.82) is 0 Å². The van der Waals surface area contributed by atoms with Gasteiger partial charge in [-0.25, -0.2) is 0 Å². The van der Waals surface area contributed by atoms with Crippen molar-refractivity contribution < 1.29 is 24.5 Å². The quantitative estimate of drug-likeness (QED) is 0.0320. The monoisotopic (exact) mass is 1150 g/mol. The summed E-state index contributed by atoms with van der Waals surface area (Å²) in [6.45, 7) is 4.87. The largest absolute Gasteiger partial charge is 0.466 e. The molecule has 0 bridgehead atoms. The number of nitrogens with one attached hydrogen (secondary N) is 1. The molecular weight excluding hydrogens is 1010 g/mol. The molecule has 0 fully saturated rings. The van der Waals surface area contributed by atoms with E-state index in [1.54, 1.807) is 6.08 Å². The summed E-state index contributed by atoms with van der Waals surface area (Å²) < 4.78 is 5.47. The number of hydrogen-bond donors (Lipinski definition) is 3. The Morgan fingerprint density at radius 1 is 0.341 bits per heavy atom. The maximum Gasteiger partial charge on any atom is 0.305 e. The van der Waals surface area contributed by atoms with Gasteiger partial charge in [0.2, 0.25) is 5.91 Å². The van der Waals surface area contributed by atoms with Crippen molar-refractivity contribution in [3.8, 4) is 0 Å². The van der Waals surface area contributed by atoms with E-state index in [1.807, 2.05) is 6.08 Å². The first-order valence-corrected chi connectivity index (χ1v) is 36.9. The number of carbonyl (C=O) groups is 2. The van der Waals surface area contributed by atoms with Gasteiger partial charge in [0.25, 0.3) is 0 Å². The first-order valence-electron chi connectivity index (χ1n) is 36.9. The summed E-state index contributed by atoms with van der Waals surface area (Å²) in [5.41, 5.74) is 0. The molecule has 2 unspecified atom stereocenters. The number of unbranched alkanes of at least 4 members (excludes halogenated alkanes) is 52. The van der Waals surface area contributed by atoms with Crippen LogP contribution >= 0.6 is 0 Å². The third-order valence-corrected chi connectivity index (χ3v) is 17.0. The van der Waals surface area contributed by atoms with E-state index in [-0.39, 0.29) is 18.5 Å². The van der Waals surface area contributed by atoms with Gasteiger partial charge in [-0.05, 0) is 83.5 Å². The highest BCUT2D eigenvalue weighted by molar-refractivity contribution is 5.76. The van der Waals surface area contributed by atoms with Gasteiger partial charge >= 0.3 is 5.97 Å². The van der Waals surface area contributed by atoms with Gasteiger partial charge in [-0.1, -0.05) is 351 Å². The van der Waals surface area contributed by atoms with Gasteiger partial charge < -0.3 is 20.3 Å². The summed E-state index contributed by atoms with van der Waals surface area (Å²) in [7, 11) is 0. The van der Waals surface area contributed by atoms with Gasteiger partial charge in [-0.3, -0.25) is 9.59 Å².